The first-order chi connectivity index (χ1) is 29.2. The number of hydrogen-bond acceptors (Lipinski definition) is 8. The van der Waals surface area contributed by atoms with Crippen molar-refractivity contribution in [3.8, 4) is 0 Å². The van der Waals surface area contributed by atoms with Gasteiger partial charge in [0.1, 0.15) is 0 Å². The van der Waals surface area contributed by atoms with E-state index in [4.69, 9.17) is 16.2 Å². The molecule has 3 aliphatic heterocycles. The smallest absolute Gasteiger partial charge is 0.264 e. The van der Waals surface area contributed by atoms with Crippen LogP contribution in [0.15, 0.2) is 115 Å². The van der Waals surface area contributed by atoms with Crippen LogP contribution in [0, 0.1) is 5.92 Å². The Bertz CT molecular complexity index is 2510. The summed E-state index contributed by atoms with van der Waals surface area (Å²) in [4.78, 5) is 59.4. The van der Waals surface area contributed by atoms with Gasteiger partial charge >= 0.3 is 0 Å². The number of carbonyl (C=O) groups is 4. The number of benzene rings is 5. The van der Waals surface area contributed by atoms with Gasteiger partial charge in [-0.25, -0.2) is 0 Å². The van der Waals surface area contributed by atoms with Crippen LogP contribution in [0.25, 0.3) is 0 Å². The van der Waals surface area contributed by atoms with Gasteiger partial charge in [-0.1, -0.05) is 43.3 Å². The summed E-state index contributed by atoms with van der Waals surface area (Å²) in [6.45, 7) is 5.09. The molecule has 4 amide bonds. The van der Waals surface area contributed by atoms with Crippen molar-refractivity contribution in [2.24, 2.45) is 5.92 Å². The number of rotatable bonds is 10. The summed E-state index contributed by atoms with van der Waals surface area (Å²) in [5.41, 5.74) is 15.6. The molecular formula is C47H49FN6O6Si. The van der Waals surface area contributed by atoms with Gasteiger partial charge in [-0.3, -0.25) is 19.2 Å². The van der Waals surface area contributed by atoms with Crippen molar-refractivity contribution in [3.05, 3.63) is 149 Å². The van der Waals surface area contributed by atoms with E-state index in [1.807, 2.05) is 37.3 Å². The third-order valence-corrected chi connectivity index (χ3v) is 14.8. The molecule has 1 fully saturated rings. The monoisotopic (exact) mass is 840 g/mol. The molecule has 0 unspecified atom stereocenters. The number of aliphatic hydroxyl groups is 1. The second-order valence-corrected chi connectivity index (χ2v) is 20.6. The zero-order valence-corrected chi connectivity index (χ0v) is 35.2. The SMILES string of the molecule is C[C@H]1[C@H]([Si](C)(C)F)[C@@H](CC(=O)N2Cc3ccccc3C[C@H]2CO)O[C@]12C(=O)N(Cc1cccc(NC(=O)c3ccc(N)cc3)c1)c1ccc(NC(=O)c3ccc(N)cc3)cc12. The molecule has 0 radical (unpaired) electrons. The maximum atomic E-state index is 16.8. The lowest BCUT2D eigenvalue weighted by atomic mass is 9.82. The van der Waals surface area contributed by atoms with Crippen LogP contribution in [0.2, 0.25) is 18.6 Å². The fraction of sp³-hybridized carbons (Fsp3) is 0.277. The van der Waals surface area contributed by atoms with E-state index in [1.165, 1.54) is 0 Å². The number of halogens is 1. The summed E-state index contributed by atoms with van der Waals surface area (Å²) in [5.74, 6) is -2.17. The molecule has 314 valence electrons. The van der Waals surface area contributed by atoms with Gasteiger partial charge in [0.2, 0.25) is 14.3 Å². The maximum Gasteiger partial charge on any atom is 0.264 e. The minimum Gasteiger partial charge on any atom is -0.399 e. The van der Waals surface area contributed by atoms with E-state index in [-0.39, 0.29) is 31.4 Å². The third-order valence-electron chi connectivity index (χ3n) is 12.4. The Hall–Kier alpha value is -6.35. The lowest BCUT2D eigenvalue weighted by Crippen LogP contribution is -2.48. The Morgan fingerprint density at radius 3 is 2.05 bits per heavy atom. The molecule has 1 spiro atoms. The highest BCUT2D eigenvalue weighted by molar-refractivity contribution is 6.72. The fourth-order valence-electron chi connectivity index (χ4n) is 9.42. The van der Waals surface area contributed by atoms with Crippen molar-refractivity contribution >= 4 is 60.5 Å². The highest BCUT2D eigenvalue weighted by Crippen LogP contribution is 2.60. The van der Waals surface area contributed by atoms with Crippen molar-refractivity contribution < 1.29 is 33.1 Å². The van der Waals surface area contributed by atoms with E-state index in [2.05, 4.69) is 10.6 Å². The normalized spacial score (nSPS) is 21.9. The number of fused-ring (bicyclic) bond motifs is 3. The van der Waals surface area contributed by atoms with Gasteiger partial charge in [0.05, 0.1) is 37.4 Å². The predicted octanol–water partition coefficient (Wildman–Crippen LogP) is 7.01. The predicted molar refractivity (Wildman–Crippen MR) is 236 cm³/mol. The van der Waals surface area contributed by atoms with E-state index in [0.717, 1.165) is 11.1 Å². The minimum atomic E-state index is -3.68. The fourth-order valence-corrected chi connectivity index (χ4v) is 11.9. The number of nitrogens with two attached hydrogens (primary N) is 2. The van der Waals surface area contributed by atoms with Gasteiger partial charge < -0.3 is 45.9 Å². The Kier molecular flexibility index (Phi) is 11.0. The van der Waals surface area contributed by atoms with Gasteiger partial charge in [-0.2, -0.15) is 0 Å². The first-order valence-corrected chi connectivity index (χ1v) is 23.3. The number of anilines is 5. The van der Waals surface area contributed by atoms with Gasteiger partial charge in [0, 0.05) is 57.4 Å². The molecule has 5 aromatic rings. The molecular weight excluding hydrogens is 792 g/mol. The molecule has 12 nitrogen and oxygen atoms in total. The van der Waals surface area contributed by atoms with Crippen LogP contribution >= 0.6 is 0 Å². The number of aliphatic hydroxyl groups excluding tert-OH is 1. The van der Waals surface area contributed by atoms with Crippen LogP contribution in [0.4, 0.5) is 32.5 Å². The number of amides is 4. The first-order valence-electron chi connectivity index (χ1n) is 20.4. The second-order valence-electron chi connectivity index (χ2n) is 16.8. The minimum absolute atomic E-state index is 0.0719. The van der Waals surface area contributed by atoms with Gasteiger partial charge in [0.25, 0.3) is 17.7 Å². The zero-order valence-electron chi connectivity index (χ0n) is 34.2. The lowest BCUT2D eigenvalue weighted by molar-refractivity contribution is -0.151. The van der Waals surface area contributed by atoms with E-state index in [1.54, 1.807) is 108 Å². The number of carbonyl (C=O) groups excluding carboxylic acids is 4. The number of ether oxygens (including phenoxy) is 1. The average molecular weight is 841 g/mol. The van der Waals surface area contributed by atoms with Crippen molar-refractivity contribution in [1.29, 1.82) is 0 Å². The van der Waals surface area contributed by atoms with Crippen LogP contribution in [0.1, 0.15) is 56.3 Å². The van der Waals surface area contributed by atoms with Crippen LogP contribution in [-0.4, -0.2) is 60.8 Å². The Morgan fingerprint density at radius 2 is 1.44 bits per heavy atom. The quantitative estimate of drug-likeness (QED) is 0.0566. The second kappa shape index (κ2) is 16.3. The summed E-state index contributed by atoms with van der Waals surface area (Å²) in [7, 11) is -3.68. The largest absolute Gasteiger partial charge is 0.399 e. The molecule has 5 atom stereocenters. The summed E-state index contributed by atoms with van der Waals surface area (Å²) in [6, 6.07) is 32.7. The molecule has 61 heavy (non-hydrogen) atoms. The van der Waals surface area contributed by atoms with E-state index in [9.17, 15) is 19.5 Å². The molecule has 3 aliphatic rings. The van der Waals surface area contributed by atoms with Crippen LogP contribution in [0.5, 0.6) is 0 Å². The zero-order chi connectivity index (χ0) is 43.2. The Balaban J connectivity index is 1.14. The van der Waals surface area contributed by atoms with E-state index in [0.29, 0.717) is 63.7 Å². The standard InChI is InChI=1S/C47H49FN6O6Si/c1-28-43(61(2,3)48)41(24-42(56)53-26-33-9-5-4-8-32(33)22-38(53)27-55)60-47(28)39-23-37(52-45(58)31-13-17-35(50)18-14-31)19-20-40(39)54(46(47)59)25-29-7-6-10-36(21-29)51-44(57)30-11-15-34(49)16-12-30/h4-21,23,28,38,41,43,55H,22,24-27,49-50H2,1-3H3,(H,51,57)(H,52,58)/t28-,38-,41+,43-,47+/m0/s1. The number of hydrogen-bond donors (Lipinski definition) is 5. The molecule has 7 N–H and O–H groups in total. The summed E-state index contributed by atoms with van der Waals surface area (Å²) in [6.07, 6.45) is -0.682. The summed E-state index contributed by atoms with van der Waals surface area (Å²) >= 11 is 0. The molecule has 0 aromatic heterocycles. The van der Waals surface area contributed by atoms with Crippen LogP contribution in [-0.2, 0) is 39.4 Å². The molecule has 1 saturated heterocycles. The van der Waals surface area contributed by atoms with Crippen molar-refractivity contribution in [2.75, 3.05) is 33.6 Å². The Morgan fingerprint density at radius 1 is 0.836 bits per heavy atom. The van der Waals surface area contributed by atoms with Gasteiger partial charge in [-0.15, -0.1) is 0 Å². The van der Waals surface area contributed by atoms with E-state index < -0.39 is 49.4 Å². The number of nitrogens with one attached hydrogen (secondary N) is 2. The maximum absolute atomic E-state index is 16.8. The van der Waals surface area contributed by atoms with Crippen LogP contribution < -0.4 is 27.0 Å². The molecule has 5 aromatic carbocycles. The molecule has 0 bridgehead atoms. The molecule has 3 heterocycles. The van der Waals surface area contributed by atoms with Crippen molar-refractivity contribution in [3.63, 3.8) is 0 Å². The number of nitrogen functional groups attached to an aromatic ring is 2. The van der Waals surface area contributed by atoms with Gasteiger partial charge in [-0.05, 0) is 115 Å². The summed E-state index contributed by atoms with van der Waals surface area (Å²) < 4.78 is 23.8. The molecule has 0 aliphatic carbocycles. The topological polar surface area (TPSA) is 180 Å². The highest BCUT2D eigenvalue weighted by Gasteiger charge is 2.67. The van der Waals surface area contributed by atoms with Crippen molar-refractivity contribution in [2.45, 2.75) is 69.2 Å². The van der Waals surface area contributed by atoms with E-state index >= 15 is 8.90 Å². The molecule has 14 heteroatoms. The molecule has 0 saturated carbocycles. The Labute approximate surface area is 354 Å². The van der Waals surface area contributed by atoms with Crippen molar-refractivity contribution in [1.82, 2.24) is 4.90 Å². The number of nitrogens with zero attached hydrogens (tertiary/aromatic N) is 2. The van der Waals surface area contributed by atoms with Crippen LogP contribution in [0.3, 0.4) is 0 Å². The highest BCUT2D eigenvalue weighted by atomic mass is 28.4. The van der Waals surface area contributed by atoms with Gasteiger partial charge in [0.15, 0.2) is 5.60 Å². The summed E-state index contributed by atoms with van der Waals surface area (Å²) in [5, 5.41) is 16.2. The third kappa shape index (κ3) is 7.89. The first kappa shape index (κ1) is 41.4. The lowest BCUT2D eigenvalue weighted by Gasteiger charge is -2.37. The average Bonchev–Trinajstić information content (AvgIpc) is 3.66. The molecule has 8 rings (SSSR count).